The van der Waals surface area contributed by atoms with Gasteiger partial charge in [-0.2, -0.15) is 10.2 Å². The molecule has 2 aromatic carbocycles. The molecule has 1 amide bonds. The van der Waals surface area contributed by atoms with Gasteiger partial charge in [0, 0.05) is 11.9 Å². The van der Waals surface area contributed by atoms with Gasteiger partial charge >= 0.3 is 0 Å². The van der Waals surface area contributed by atoms with Crippen LogP contribution in [0.1, 0.15) is 50.2 Å². The van der Waals surface area contributed by atoms with Crippen LogP contribution in [0.4, 0.5) is 0 Å². The summed E-state index contributed by atoms with van der Waals surface area (Å²) < 4.78 is 6.98. The van der Waals surface area contributed by atoms with Crippen molar-refractivity contribution in [3.8, 4) is 5.75 Å². The van der Waals surface area contributed by atoms with Crippen molar-refractivity contribution in [2.75, 3.05) is 0 Å². The second-order valence-electron chi connectivity index (χ2n) is 7.25. The van der Waals surface area contributed by atoms with Gasteiger partial charge in [-0.15, -0.1) is 0 Å². The van der Waals surface area contributed by atoms with Gasteiger partial charge < -0.3 is 4.74 Å². The van der Waals surface area contributed by atoms with E-state index in [9.17, 15) is 9.59 Å². The Morgan fingerprint density at radius 3 is 2.43 bits per heavy atom. The first-order chi connectivity index (χ1) is 14.4. The van der Waals surface area contributed by atoms with Gasteiger partial charge in [-0.3, -0.25) is 9.59 Å². The molecule has 0 aliphatic heterocycles. The molecule has 0 bridgehead atoms. The molecular weight excluding hydrogens is 380 g/mol. The van der Waals surface area contributed by atoms with Crippen LogP contribution in [0.2, 0.25) is 0 Å². The van der Waals surface area contributed by atoms with Crippen molar-refractivity contribution in [2.45, 2.75) is 46.8 Å². The Morgan fingerprint density at radius 2 is 1.80 bits per heavy atom. The van der Waals surface area contributed by atoms with E-state index in [-0.39, 0.29) is 17.4 Å². The molecule has 0 aliphatic carbocycles. The molecule has 0 spiro atoms. The minimum atomic E-state index is -0.463. The Morgan fingerprint density at radius 1 is 1.13 bits per heavy atom. The summed E-state index contributed by atoms with van der Waals surface area (Å²) in [5.41, 5.74) is 4.05. The summed E-state index contributed by atoms with van der Waals surface area (Å²) in [6, 6.07) is 14.5. The highest BCUT2D eigenvalue weighted by atomic mass is 16.5. The summed E-state index contributed by atoms with van der Waals surface area (Å²) in [5, 5.41) is 9.48. The normalized spacial score (nSPS) is 11.7. The molecule has 0 radical (unpaired) electrons. The molecule has 3 aromatic rings. The molecule has 7 nitrogen and oxygen atoms in total. The number of aromatic nitrogens is 2. The van der Waals surface area contributed by atoms with Crippen molar-refractivity contribution in [1.29, 1.82) is 0 Å². The Labute approximate surface area is 175 Å². The molecule has 3 rings (SSSR count). The lowest BCUT2D eigenvalue weighted by molar-refractivity contribution is 0.0949. The number of hydrogen-bond donors (Lipinski definition) is 1. The molecule has 0 atom stereocenters. The predicted octanol–water partition coefficient (Wildman–Crippen LogP) is 3.75. The maximum Gasteiger partial charge on any atom is 0.292 e. The number of aryl methyl sites for hydroxylation is 1. The third kappa shape index (κ3) is 4.74. The van der Waals surface area contributed by atoms with Gasteiger partial charge in [0.05, 0.1) is 17.2 Å². The summed E-state index contributed by atoms with van der Waals surface area (Å²) >= 11 is 0. The summed E-state index contributed by atoms with van der Waals surface area (Å²) in [6.07, 6.45) is 0.836. The van der Waals surface area contributed by atoms with Crippen molar-refractivity contribution in [2.24, 2.45) is 5.10 Å². The van der Waals surface area contributed by atoms with Crippen molar-refractivity contribution in [3.63, 3.8) is 0 Å². The van der Waals surface area contributed by atoms with E-state index in [0.717, 1.165) is 17.7 Å². The van der Waals surface area contributed by atoms with Crippen molar-refractivity contribution in [1.82, 2.24) is 15.2 Å². The molecule has 30 heavy (non-hydrogen) atoms. The van der Waals surface area contributed by atoms with Crippen LogP contribution < -0.4 is 15.7 Å². The number of hydrogen-bond acceptors (Lipinski definition) is 5. The summed E-state index contributed by atoms with van der Waals surface area (Å²) in [4.78, 5) is 25.4. The van der Waals surface area contributed by atoms with Crippen molar-refractivity contribution in [3.05, 3.63) is 70.1 Å². The van der Waals surface area contributed by atoms with Crippen LogP contribution in [0.25, 0.3) is 10.8 Å². The van der Waals surface area contributed by atoms with Crippen molar-refractivity contribution < 1.29 is 9.53 Å². The maximum absolute atomic E-state index is 12.8. The average molecular weight is 406 g/mol. The van der Waals surface area contributed by atoms with E-state index in [0.29, 0.717) is 23.0 Å². The number of fused-ring (bicyclic) bond motifs is 1. The van der Waals surface area contributed by atoms with E-state index in [2.05, 4.69) is 15.6 Å². The first kappa shape index (κ1) is 21.2. The summed E-state index contributed by atoms with van der Waals surface area (Å²) in [6.45, 7) is 8.14. The molecule has 0 fully saturated rings. The number of rotatable bonds is 7. The fraction of sp³-hybridized carbons (Fsp3) is 0.304. The number of hydrazone groups is 1. The first-order valence-corrected chi connectivity index (χ1v) is 10.0. The van der Waals surface area contributed by atoms with E-state index < -0.39 is 5.91 Å². The molecule has 1 heterocycles. The van der Waals surface area contributed by atoms with Gasteiger partial charge in [-0.05, 0) is 63.1 Å². The Kier molecular flexibility index (Phi) is 6.61. The molecular formula is C23H26N4O3. The number of amides is 1. The van der Waals surface area contributed by atoms with E-state index in [4.69, 9.17) is 4.74 Å². The van der Waals surface area contributed by atoms with Crippen LogP contribution in [0.5, 0.6) is 5.75 Å². The molecule has 1 aromatic heterocycles. The standard InChI is InChI=1S/C23H26N4O3/c1-5-14-27-23(29)20-9-7-6-8-19(20)21(26-27)22(28)25-24-16(4)17-10-12-18(13-11-17)30-15(2)3/h6-13,15H,5,14H2,1-4H3,(H,25,28)/b24-16-. The Balaban J connectivity index is 1.86. The van der Waals surface area contributed by atoms with E-state index >= 15 is 0 Å². The molecule has 0 saturated heterocycles. The van der Waals surface area contributed by atoms with Crippen LogP contribution in [0.15, 0.2) is 58.4 Å². The second-order valence-corrected chi connectivity index (χ2v) is 7.25. The molecule has 0 aliphatic rings. The fourth-order valence-electron chi connectivity index (χ4n) is 3.07. The molecule has 156 valence electrons. The zero-order valence-corrected chi connectivity index (χ0v) is 17.7. The number of nitrogens with one attached hydrogen (secondary N) is 1. The number of carbonyl (C=O) groups is 1. The van der Waals surface area contributed by atoms with E-state index in [1.165, 1.54) is 4.68 Å². The third-order valence-corrected chi connectivity index (χ3v) is 4.49. The highest BCUT2D eigenvalue weighted by Crippen LogP contribution is 2.15. The minimum absolute atomic E-state index is 0.100. The monoisotopic (exact) mass is 406 g/mol. The maximum atomic E-state index is 12.8. The van der Waals surface area contributed by atoms with Crippen LogP contribution in [-0.2, 0) is 6.54 Å². The van der Waals surface area contributed by atoms with Gasteiger partial charge in [0.15, 0.2) is 5.69 Å². The minimum Gasteiger partial charge on any atom is -0.491 e. The lowest BCUT2D eigenvalue weighted by Crippen LogP contribution is -2.29. The van der Waals surface area contributed by atoms with E-state index in [1.807, 2.05) is 52.0 Å². The van der Waals surface area contributed by atoms with Gasteiger partial charge in [-0.1, -0.05) is 25.1 Å². The van der Waals surface area contributed by atoms with Gasteiger partial charge in [-0.25, -0.2) is 10.1 Å². The summed E-state index contributed by atoms with van der Waals surface area (Å²) in [7, 11) is 0. The summed E-state index contributed by atoms with van der Waals surface area (Å²) in [5.74, 6) is 0.314. The molecule has 0 unspecified atom stereocenters. The van der Waals surface area contributed by atoms with Crippen LogP contribution in [0.3, 0.4) is 0 Å². The first-order valence-electron chi connectivity index (χ1n) is 10.0. The van der Waals surface area contributed by atoms with Crippen LogP contribution in [-0.4, -0.2) is 27.5 Å². The van der Waals surface area contributed by atoms with Gasteiger partial charge in [0.25, 0.3) is 11.5 Å². The van der Waals surface area contributed by atoms with Crippen molar-refractivity contribution >= 4 is 22.4 Å². The van der Waals surface area contributed by atoms with Crippen LogP contribution in [0, 0.1) is 0 Å². The molecule has 1 N–H and O–H groups in total. The molecule has 7 heteroatoms. The molecule has 0 saturated carbocycles. The lowest BCUT2D eigenvalue weighted by Gasteiger charge is -2.11. The van der Waals surface area contributed by atoms with E-state index in [1.54, 1.807) is 24.3 Å². The number of benzene rings is 2. The van der Waals surface area contributed by atoms with Crippen LogP contribution >= 0.6 is 0 Å². The quantitative estimate of drug-likeness (QED) is 0.478. The zero-order chi connectivity index (χ0) is 21.7. The highest BCUT2D eigenvalue weighted by molar-refractivity contribution is 6.06. The highest BCUT2D eigenvalue weighted by Gasteiger charge is 2.16. The number of ether oxygens (including phenoxy) is 1. The van der Waals surface area contributed by atoms with Gasteiger partial charge in [0.2, 0.25) is 0 Å². The topological polar surface area (TPSA) is 85.6 Å². The fourth-order valence-corrected chi connectivity index (χ4v) is 3.07. The SMILES string of the molecule is CCCn1nc(C(=O)N/N=C(/C)c2ccc(OC(C)C)cc2)c2ccccc2c1=O. The third-order valence-electron chi connectivity index (χ3n) is 4.49. The number of carbonyl (C=O) groups excluding carboxylic acids is 1. The Hall–Kier alpha value is -3.48. The number of nitrogens with zero attached hydrogens (tertiary/aromatic N) is 3. The van der Waals surface area contributed by atoms with Gasteiger partial charge in [0.1, 0.15) is 5.75 Å². The predicted molar refractivity (Wildman–Crippen MR) is 118 cm³/mol. The second kappa shape index (κ2) is 9.35. The zero-order valence-electron chi connectivity index (χ0n) is 17.7. The smallest absolute Gasteiger partial charge is 0.292 e. The average Bonchev–Trinajstić information content (AvgIpc) is 2.74. The Bertz CT molecular complexity index is 1130. The largest absolute Gasteiger partial charge is 0.491 e. The lowest BCUT2D eigenvalue weighted by atomic mass is 10.1.